The van der Waals surface area contributed by atoms with E-state index in [1.165, 1.54) is 7.11 Å². The molecule has 0 fully saturated rings. The van der Waals surface area contributed by atoms with Crippen LogP contribution >= 0.6 is 0 Å². The standard InChI is InChI=1S/C11H15NO2/c1-3-4-8-5-6-9(10(12)7-8)11(13)14-2/h5-7H,3-4,12H2,1-2H3. The van der Waals surface area contributed by atoms with Crippen molar-refractivity contribution in [2.75, 3.05) is 12.8 Å². The summed E-state index contributed by atoms with van der Waals surface area (Å²) in [7, 11) is 1.35. The molecule has 0 aliphatic rings. The zero-order valence-corrected chi connectivity index (χ0v) is 8.54. The van der Waals surface area contributed by atoms with E-state index in [4.69, 9.17) is 5.73 Å². The largest absolute Gasteiger partial charge is 0.465 e. The van der Waals surface area contributed by atoms with E-state index in [2.05, 4.69) is 11.7 Å². The normalized spacial score (nSPS) is 9.86. The maximum atomic E-state index is 11.2. The summed E-state index contributed by atoms with van der Waals surface area (Å²) in [6, 6.07) is 5.45. The van der Waals surface area contributed by atoms with E-state index in [1.807, 2.05) is 12.1 Å². The highest BCUT2D eigenvalue weighted by atomic mass is 16.5. The second kappa shape index (κ2) is 4.65. The molecule has 0 amide bonds. The van der Waals surface area contributed by atoms with Crippen LogP contribution in [-0.2, 0) is 11.2 Å². The van der Waals surface area contributed by atoms with Crippen LogP contribution in [0.4, 0.5) is 5.69 Å². The monoisotopic (exact) mass is 193 g/mol. The summed E-state index contributed by atoms with van der Waals surface area (Å²) in [4.78, 5) is 11.2. The van der Waals surface area contributed by atoms with Crippen LogP contribution in [-0.4, -0.2) is 13.1 Å². The summed E-state index contributed by atoms with van der Waals surface area (Å²) in [6.45, 7) is 2.10. The van der Waals surface area contributed by atoms with E-state index in [0.717, 1.165) is 18.4 Å². The van der Waals surface area contributed by atoms with Gasteiger partial charge in [0.15, 0.2) is 0 Å². The van der Waals surface area contributed by atoms with Crippen molar-refractivity contribution < 1.29 is 9.53 Å². The molecule has 0 aromatic heterocycles. The molecular formula is C11H15NO2. The number of anilines is 1. The molecule has 76 valence electrons. The first-order chi connectivity index (χ1) is 6.69. The van der Waals surface area contributed by atoms with E-state index in [0.29, 0.717) is 11.3 Å². The minimum absolute atomic E-state index is 0.384. The Kier molecular flexibility index (Phi) is 3.51. The van der Waals surface area contributed by atoms with Gasteiger partial charge in [0.05, 0.1) is 12.7 Å². The lowest BCUT2D eigenvalue weighted by Gasteiger charge is -2.05. The number of aryl methyl sites for hydroxylation is 1. The minimum atomic E-state index is -0.384. The Morgan fingerprint density at radius 2 is 2.21 bits per heavy atom. The predicted octanol–water partition coefficient (Wildman–Crippen LogP) is 2.01. The van der Waals surface area contributed by atoms with Crippen molar-refractivity contribution in [1.29, 1.82) is 0 Å². The molecule has 0 aliphatic carbocycles. The Hall–Kier alpha value is -1.51. The van der Waals surface area contributed by atoms with Crippen molar-refractivity contribution in [3.63, 3.8) is 0 Å². The Balaban J connectivity index is 2.95. The Bertz CT molecular complexity index is 334. The topological polar surface area (TPSA) is 52.3 Å². The minimum Gasteiger partial charge on any atom is -0.465 e. The lowest BCUT2D eigenvalue weighted by molar-refractivity contribution is 0.0602. The lowest BCUT2D eigenvalue weighted by atomic mass is 10.1. The summed E-state index contributed by atoms with van der Waals surface area (Å²) < 4.78 is 4.60. The quantitative estimate of drug-likeness (QED) is 0.590. The van der Waals surface area contributed by atoms with E-state index >= 15 is 0 Å². The first-order valence-corrected chi connectivity index (χ1v) is 4.65. The summed E-state index contributed by atoms with van der Waals surface area (Å²) in [5, 5.41) is 0. The highest BCUT2D eigenvalue weighted by molar-refractivity contribution is 5.95. The van der Waals surface area contributed by atoms with Crippen molar-refractivity contribution in [2.45, 2.75) is 19.8 Å². The highest BCUT2D eigenvalue weighted by Gasteiger charge is 2.09. The number of nitrogens with two attached hydrogens (primary N) is 1. The first-order valence-electron chi connectivity index (χ1n) is 4.65. The van der Waals surface area contributed by atoms with Crippen molar-refractivity contribution >= 4 is 11.7 Å². The third kappa shape index (κ3) is 2.25. The van der Waals surface area contributed by atoms with Gasteiger partial charge in [-0.15, -0.1) is 0 Å². The van der Waals surface area contributed by atoms with Crippen LogP contribution in [0.1, 0.15) is 29.3 Å². The van der Waals surface area contributed by atoms with E-state index < -0.39 is 0 Å². The van der Waals surface area contributed by atoms with E-state index in [9.17, 15) is 4.79 Å². The van der Waals surface area contributed by atoms with Crippen molar-refractivity contribution in [3.8, 4) is 0 Å². The molecule has 0 saturated heterocycles. The summed E-state index contributed by atoms with van der Waals surface area (Å²) in [5.74, 6) is -0.384. The second-order valence-corrected chi connectivity index (χ2v) is 3.16. The second-order valence-electron chi connectivity index (χ2n) is 3.16. The molecule has 0 atom stereocenters. The van der Waals surface area contributed by atoms with Crippen LogP contribution in [0.2, 0.25) is 0 Å². The fraction of sp³-hybridized carbons (Fsp3) is 0.364. The number of methoxy groups -OCH3 is 1. The average molecular weight is 193 g/mol. The third-order valence-electron chi connectivity index (χ3n) is 2.06. The van der Waals surface area contributed by atoms with Gasteiger partial charge in [-0.25, -0.2) is 4.79 Å². The number of benzene rings is 1. The van der Waals surface area contributed by atoms with Crippen LogP contribution in [0.25, 0.3) is 0 Å². The fourth-order valence-electron chi connectivity index (χ4n) is 1.35. The van der Waals surface area contributed by atoms with Crippen molar-refractivity contribution in [2.24, 2.45) is 0 Å². The number of carbonyl (C=O) groups is 1. The zero-order valence-electron chi connectivity index (χ0n) is 8.54. The molecule has 1 aromatic carbocycles. The number of hydrogen-bond donors (Lipinski definition) is 1. The molecule has 0 saturated carbocycles. The van der Waals surface area contributed by atoms with Gasteiger partial charge in [-0.05, 0) is 24.1 Å². The van der Waals surface area contributed by atoms with Gasteiger partial charge in [0.1, 0.15) is 0 Å². The van der Waals surface area contributed by atoms with Gasteiger partial charge in [0.25, 0.3) is 0 Å². The van der Waals surface area contributed by atoms with Gasteiger partial charge >= 0.3 is 5.97 Å². The smallest absolute Gasteiger partial charge is 0.339 e. The van der Waals surface area contributed by atoms with Gasteiger partial charge in [0, 0.05) is 5.69 Å². The molecule has 3 nitrogen and oxygen atoms in total. The molecule has 2 N–H and O–H groups in total. The molecule has 1 aromatic rings. The average Bonchev–Trinajstić information content (AvgIpc) is 2.17. The number of nitrogen functional groups attached to an aromatic ring is 1. The molecule has 0 heterocycles. The van der Waals surface area contributed by atoms with E-state index in [1.54, 1.807) is 6.07 Å². The van der Waals surface area contributed by atoms with Crippen molar-refractivity contribution in [3.05, 3.63) is 29.3 Å². The molecule has 0 spiro atoms. The van der Waals surface area contributed by atoms with Gasteiger partial charge in [0.2, 0.25) is 0 Å². The molecule has 0 bridgehead atoms. The predicted molar refractivity (Wildman–Crippen MR) is 56.2 cm³/mol. The Morgan fingerprint density at radius 3 is 2.71 bits per heavy atom. The summed E-state index contributed by atoms with van der Waals surface area (Å²) >= 11 is 0. The van der Waals surface area contributed by atoms with Gasteiger partial charge in [-0.2, -0.15) is 0 Å². The maximum absolute atomic E-state index is 11.2. The molecule has 0 radical (unpaired) electrons. The molecule has 0 aliphatic heterocycles. The molecular weight excluding hydrogens is 178 g/mol. The van der Waals surface area contributed by atoms with Crippen molar-refractivity contribution in [1.82, 2.24) is 0 Å². The first kappa shape index (κ1) is 10.6. The number of hydrogen-bond acceptors (Lipinski definition) is 3. The fourth-order valence-corrected chi connectivity index (χ4v) is 1.35. The summed E-state index contributed by atoms with van der Waals surface area (Å²) in [6.07, 6.45) is 2.04. The number of carbonyl (C=O) groups excluding carboxylic acids is 1. The molecule has 0 unspecified atom stereocenters. The van der Waals surface area contributed by atoms with Gasteiger partial charge in [-0.3, -0.25) is 0 Å². The third-order valence-corrected chi connectivity index (χ3v) is 2.06. The van der Waals surface area contributed by atoms with Gasteiger partial charge < -0.3 is 10.5 Å². The number of esters is 1. The van der Waals surface area contributed by atoms with Crippen LogP contribution in [0, 0.1) is 0 Å². The van der Waals surface area contributed by atoms with E-state index in [-0.39, 0.29) is 5.97 Å². The number of ether oxygens (including phenoxy) is 1. The Labute approximate surface area is 83.9 Å². The maximum Gasteiger partial charge on any atom is 0.339 e. The van der Waals surface area contributed by atoms with Crippen LogP contribution < -0.4 is 5.73 Å². The van der Waals surface area contributed by atoms with Gasteiger partial charge in [-0.1, -0.05) is 19.4 Å². The summed E-state index contributed by atoms with van der Waals surface area (Å²) in [5.41, 5.74) is 7.80. The highest BCUT2D eigenvalue weighted by Crippen LogP contribution is 2.16. The molecule has 14 heavy (non-hydrogen) atoms. The zero-order chi connectivity index (χ0) is 10.6. The Morgan fingerprint density at radius 1 is 1.50 bits per heavy atom. The SMILES string of the molecule is CCCc1ccc(C(=O)OC)c(N)c1. The number of rotatable bonds is 3. The van der Waals surface area contributed by atoms with Crippen LogP contribution in [0.3, 0.4) is 0 Å². The molecule has 1 rings (SSSR count). The molecule has 3 heteroatoms. The lowest BCUT2D eigenvalue weighted by Crippen LogP contribution is -2.05. The van der Waals surface area contributed by atoms with Crippen LogP contribution in [0.15, 0.2) is 18.2 Å². The van der Waals surface area contributed by atoms with Crippen LogP contribution in [0.5, 0.6) is 0 Å².